The number of ether oxygens (including phenoxy) is 2. The van der Waals surface area contributed by atoms with Crippen molar-refractivity contribution in [1.82, 2.24) is 10.2 Å². The standard InChI is InChI=1S/C35H44N2O8/c1-37(22-31(40)28-6-5-7-29(39)18-28)21-30-19-32(26-14-12-25(23-38)13-15-26)45-35(44-30)27-16-10-24(11-17-27)20-36-33(41)8-3-2-4-9-34(42)43/h5-7,10-18,30-32,35,38-40H,2-4,8-9,19-23H2,1H3,(H,36,41)(H,42,43)/t30-,31+,32+,35+/m0/s1. The van der Waals surface area contributed by atoms with Gasteiger partial charge < -0.3 is 40.1 Å². The number of aliphatic carboxylic acids is 1. The monoisotopic (exact) mass is 620 g/mol. The quantitative estimate of drug-likeness (QED) is 0.143. The van der Waals surface area contributed by atoms with Crippen molar-refractivity contribution in [3.05, 3.63) is 101 Å². The number of aliphatic hydroxyl groups is 2. The third-order valence-electron chi connectivity index (χ3n) is 7.91. The Labute approximate surface area is 264 Å². The van der Waals surface area contributed by atoms with E-state index in [2.05, 4.69) is 5.32 Å². The first-order valence-electron chi connectivity index (χ1n) is 15.4. The van der Waals surface area contributed by atoms with Gasteiger partial charge in [-0.15, -0.1) is 0 Å². The zero-order valence-electron chi connectivity index (χ0n) is 25.7. The molecule has 1 fully saturated rings. The van der Waals surface area contributed by atoms with Crippen LogP contribution in [0.2, 0.25) is 0 Å². The second kappa shape index (κ2) is 17.0. The predicted molar refractivity (Wildman–Crippen MR) is 168 cm³/mol. The molecule has 3 aromatic carbocycles. The van der Waals surface area contributed by atoms with Gasteiger partial charge in [-0.3, -0.25) is 9.59 Å². The summed E-state index contributed by atoms with van der Waals surface area (Å²) < 4.78 is 12.9. The molecule has 45 heavy (non-hydrogen) atoms. The van der Waals surface area contributed by atoms with Crippen LogP contribution in [0.5, 0.6) is 5.75 Å². The fraction of sp³-hybridized carbons (Fsp3) is 0.429. The van der Waals surface area contributed by atoms with Crippen molar-refractivity contribution in [3.8, 4) is 5.75 Å². The van der Waals surface area contributed by atoms with E-state index in [-0.39, 0.29) is 36.9 Å². The fourth-order valence-electron chi connectivity index (χ4n) is 5.41. The number of aromatic hydroxyl groups is 1. The van der Waals surface area contributed by atoms with Gasteiger partial charge >= 0.3 is 5.97 Å². The Morgan fingerprint density at radius 3 is 2.31 bits per heavy atom. The number of benzene rings is 3. The van der Waals surface area contributed by atoms with Crippen LogP contribution in [0, 0.1) is 0 Å². The number of carboxylic acids is 1. The first-order chi connectivity index (χ1) is 21.7. The molecule has 1 aliphatic heterocycles. The predicted octanol–water partition coefficient (Wildman–Crippen LogP) is 4.75. The highest BCUT2D eigenvalue weighted by Gasteiger charge is 2.33. The van der Waals surface area contributed by atoms with Crippen molar-refractivity contribution >= 4 is 11.9 Å². The minimum absolute atomic E-state index is 0.0356. The van der Waals surface area contributed by atoms with Crippen molar-refractivity contribution < 1.29 is 39.5 Å². The van der Waals surface area contributed by atoms with E-state index < -0.39 is 18.4 Å². The van der Waals surface area contributed by atoms with Crippen molar-refractivity contribution in [2.75, 3.05) is 20.1 Å². The zero-order valence-corrected chi connectivity index (χ0v) is 25.7. The van der Waals surface area contributed by atoms with Crippen LogP contribution in [-0.4, -0.2) is 63.4 Å². The van der Waals surface area contributed by atoms with Gasteiger partial charge in [0, 0.05) is 44.5 Å². The lowest BCUT2D eigenvalue weighted by molar-refractivity contribution is -0.252. The van der Waals surface area contributed by atoms with Gasteiger partial charge in [-0.05, 0) is 54.3 Å². The molecule has 0 aromatic heterocycles. The number of rotatable bonds is 16. The van der Waals surface area contributed by atoms with Crippen molar-refractivity contribution in [2.24, 2.45) is 0 Å². The molecule has 0 spiro atoms. The summed E-state index contributed by atoms with van der Waals surface area (Å²) in [5.41, 5.74) is 4.21. The molecule has 5 N–H and O–H groups in total. The van der Waals surface area contributed by atoms with Crippen LogP contribution in [0.4, 0.5) is 0 Å². The number of hydrogen-bond acceptors (Lipinski definition) is 8. The molecule has 0 saturated carbocycles. The van der Waals surface area contributed by atoms with Crippen LogP contribution in [0.1, 0.15) is 84.8 Å². The largest absolute Gasteiger partial charge is 0.508 e. The Morgan fingerprint density at radius 1 is 0.933 bits per heavy atom. The number of phenolic OH excluding ortho intramolecular Hbond substituents is 1. The van der Waals surface area contributed by atoms with E-state index in [9.17, 15) is 24.9 Å². The average molecular weight is 621 g/mol. The van der Waals surface area contributed by atoms with Gasteiger partial charge in [0.15, 0.2) is 6.29 Å². The maximum absolute atomic E-state index is 12.2. The summed E-state index contributed by atoms with van der Waals surface area (Å²) in [6, 6.07) is 22.0. The molecule has 242 valence electrons. The fourth-order valence-corrected chi connectivity index (χ4v) is 5.41. The summed E-state index contributed by atoms with van der Waals surface area (Å²) in [4.78, 5) is 24.8. The Morgan fingerprint density at radius 2 is 1.62 bits per heavy atom. The van der Waals surface area contributed by atoms with Gasteiger partial charge in [0.05, 0.1) is 24.9 Å². The van der Waals surface area contributed by atoms with E-state index in [4.69, 9.17) is 14.6 Å². The zero-order chi connectivity index (χ0) is 32.2. The SMILES string of the molecule is CN(C[C@@H]1C[C@H](c2ccc(CO)cc2)O[C@H](c2ccc(CNC(=O)CCCCCC(=O)O)cc2)O1)C[C@@H](O)c1cccc(O)c1. The minimum atomic E-state index is -0.816. The first kappa shape index (κ1) is 34.1. The molecule has 0 radical (unpaired) electrons. The van der Waals surface area contributed by atoms with Crippen LogP contribution in [0.3, 0.4) is 0 Å². The van der Waals surface area contributed by atoms with Gasteiger partial charge in [0.1, 0.15) is 5.75 Å². The smallest absolute Gasteiger partial charge is 0.303 e. The number of carbonyl (C=O) groups excluding carboxylic acids is 1. The second-order valence-corrected chi connectivity index (χ2v) is 11.7. The Balaban J connectivity index is 1.37. The Hall–Kier alpha value is -3.80. The normalized spacial score (nSPS) is 18.9. The average Bonchev–Trinajstić information content (AvgIpc) is 3.03. The Kier molecular flexibility index (Phi) is 12.9. The molecule has 0 unspecified atom stereocenters. The summed E-state index contributed by atoms with van der Waals surface area (Å²) in [5, 5.41) is 41.7. The molecule has 10 nitrogen and oxygen atoms in total. The topological polar surface area (TPSA) is 149 Å². The molecule has 1 heterocycles. The van der Waals surface area contributed by atoms with Gasteiger partial charge in [-0.2, -0.15) is 0 Å². The molecular weight excluding hydrogens is 576 g/mol. The van der Waals surface area contributed by atoms with Crippen LogP contribution in [0.15, 0.2) is 72.8 Å². The third kappa shape index (κ3) is 10.9. The molecule has 10 heteroatoms. The van der Waals surface area contributed by atoms with Gasteiger partial charge in [-0.25, -0.2) is 0 Å². The van der Waals surface area contributed by atoms with E-state index in [1.54, 1.807) is 24.3 Å². The number of hydrogen-bond donors (Lipinski definition) is 5. The number of likely N-dealkylation sites (N-methyl/N-ethyl adjacent to an activating group) is 1. The number of phenols is 1. The lowest BCUT2D eigenvalue weighted by atomic mass is 9.99. The Bertz CT molecular complexity index is 1360. The summed E-state index contributed by atoms with van der Waals surface area (Å²) in [6.45, 7) is 1.25. The number of amides is 1. The van der Waals surface area contributed by atoms with Gasteiger partial charge in [-0.1, -0.05) is 67.1 Å². The van der Waals surface area contributed by atoms with E-state index in [0.717, 1.165) is 22.3 Å². The number of carboxylic acid groups (broad SMARTS) is 1. The highest BCUT2D eigenvalue weighted by atomic mass is 16.7. The minimum Gasteiger partial charge on any atom is -0.508 e. The highest BCUT2D eigenvalue weighted by Crippen LogP contribution is 2.38. The number of aliphatic hydroxyl groups excluding tert-OH is 2. The molecule has 1 aliphatic rings. The van der Waals surface area contributed by atoms with Crippen molar-refractivity contribution in [3.63, 3.8) is 0 Å². The van der Waals surface area contributed by atoms with Crippen molar-refractivity contribution in [2.45, 2.75) is 76.3 Å². The molecule has 0 aliphatic carbocycles. The number of carbonyl (C=O) groups is 2. The van der Waals surface area contributed by atoms with E-state index in [1.165, 1.54) is 0 Å². The highest BCUT2D eigenvalue weighted by molar-refractivity contribution is 5.75. The number of unbranched alkanes of at least 4 members (excludes halogenated alkanes) is 2. The van der Waals surface area contributed by atoms with Gasteiger partial charge in [0.2, 0.25) is 5.91 Å². The molecule has 4 rings (SSSR count). The molecule has 0 bridgehead atoms. The van der Waals surface area contributed by atoms with Crippen LogP contribution < -0.4 is 5.32 Å². The maximum Gasteiger partial charge on any atom is 0.303 e. The third-order valence-corrected chi connectivity index (χ3v) is 7.91. The maximum atomic E-state index is 12.2. The summed E-state index contributed by atoms with van der Waals surface area (Å²) >= 11 is 0. The summed E-state index contributed by atoms with van der Waals surface area (Å²) in [5.74, 6) is -0.772. The molecule has 1 saturated heterocycles. The first-order valence-corrected chi connectivity index (χ1v) is 15.4. The van der Waals surface area contributed by atoms with E-state index >= 15 is 0 Å². The van der Waals surface area contributed by atoms with Crippen molar-refractivity contribution in [1.29, 1.82) is 0 Å². The lowest BCUT2D eigenvalue weighted by Gasteiger charge is -2.38. The molecule has 3 aromatic rings. The van der Waals surface area contributed by atoms with Gasteiger partial charge in [0.25, 0.3) is 0 Å². The number of nitrogens with one attached hydrogen (secondary N) is 1. The lowest BCUT2D eigenvalue weighted by Crippen LogP contribution is -2.39. The number of nitrogens with zero attached hydrogens (tertiary/aromatic N) is 1. The van der Waals surface area contributed by atoms with Crippen LogP contribution >= 0.6 is 0 Å². The van der Waals surface area contributed by atoms with Crippen LogP contribution in [-0.2, 0) is 32.2 Å². The van der Waals surface area contributed by atoms with E-state index in [0.29, 0.717) is 57.3 Å². The van der Waals surface area contributed by atoms with Crippen LogP contribution in [0.25, 0.3) is 0 Å². The molecule has 4 atom stereocenters. The summed E-state index contributed by atoms with van der Waals surface area (Å²) in [7, 11) is 1.92. The molecular formula is C35H44N2O8. The van der Waals surface area contributed by atoms with E-state index in [1.807, 2.05) is 60.5 Å². The summed E-state index contributed by atoms with van der Waals surface area (Å²) in [6.07, 6.45) is 1.16. The second-order valence-electron chi connectivity index (χ2n) is 11.7. The molecule has 1 amide bonds.